The Bertz CT molecular complexity index is 3010. The van der Waals surface area contributed by atoms with Gasteiger partial charge in [0, 0.05) is 68.3 Å². The van der Waals surface area contributed by atoms with Crippen LogP contribution in [-0.2, 0) is 19.3 Å². The summed E-state index contributed by atoms with van der Waals surface area (Å²) < 4.78 is 0. The second-order valence-electron chi connectivity index (χ2n) is 20.1. The van der Waals surface area contributed by atoms with E-state index in [1.807, 2.05) is 90.7 Å². The van der Waals surface area contributed by atoms with E-state index in [0.717, 1.165) is 12.8 Å². The fraction of sp³-hybridized carbons (Fsp3) is 0.415. The Hall–Kier alpha value is -3.18. The molecule has 0 bridgehead atoms. The molecule has 1 aromatic carbocycles. The second kappa shape index (κ2) is 28.3. The first-order valence-electron chi connectivity index (χ1n) is 27.9. The van der Waals surface area contributed by atoms with Gasteiger partial charge in [0.2, 0.25) is 0 Å². The van der Waals surface area contributed by atoms with Crippen LogP contribution in [-0.4, -0.2) is 0 Å². The summed E-state index contributed by atoms with van der Waals surface area (Å²) in [6, 6.07) is 38.0. The van der Waals surface area contributed by atoms with Crippen molar-refractivity contribution in [2.75, 3.05) is 0 Å². The zero-order valence-electron chi connectivity index (χ0n) is 43.9. The predicted molar refractivity (Wildman–Crippen MR) is 338 cm³/mol. The average molecular weight is 1110 g/mol. The molecule has 0 amide bonds. The smallest absolute Gasteiger partial charge is 0.0481 e. The Morgan fingerprint density at radius 2 is 0.644 bits per heavy atom. The van der Waals surface area contributed by atoms with E-state index in [2.05, 4.69) is 136 Å². The van der Waals surface area contributed by atoms with Gasteiger partial charge in [0.05, 0.1) is 0 Å². The molecule has 0 fully saturated rings. The lowest BCUT2D eigenvalue weighted by Gasteiger charge is -2.04. The van der Waals surface area contributed by atoms with Crippen molar-refractivity contribution < 1.29 is 0 Å². The minimum absolute atomic E-state index is 1.03. The molecular formula is C65H76S8. The quantitative estimate of drug-likeness (QED) is 0.0380. The van der Waals surface area contributed by atoms with Gasteiger partial charge in [0.1, 0.15) is 0 Å². The lowest BCUT2D eigenvalue weighted by Crippen LogP contribution is -1.86. The van der Waals surface area contributed by atoms with Crippen molar-refractivity contribution in [3.63, 3.8) is 0 Å². The third-order valence-electron chi connectivity index (χ3n) is 14.5. The van der Waals surface area contributed by atoms with Crippen LogP contribution in [0.3, 0.4) is 0 Å². The van der Waals surface area contributed by atoms with Crippen LogP contribution in [0.1, 0.15) is 171 Å². The van der Waals surface area contributed by atoms with Crippen molar-refractivity contribution in [1.82, 2.24) is 0 Å². The molecule has 0 aliphatic rings. The molecule has 8 heterocycles. The van der Waals surface area contributed by atoms with Crippen LogP contribution in [0.5, 0.6) is 0 Å². The molecule has 0 nitrogen and oxygen atoms in total. The number of aryl methyl sites for hydroxylation is 4. The van der Waals surface area contributed by atoms with Gasteiger partial charge in [-0.3, -0.25) is 0 Å². The van der Waals surface area contributed by atoms with Gasteiger partial charge in [-0.2, -0.15) is 0 Å². The minimum Gasteiger partial charge on any atom is -0.143 e. The molecule has 0 atom stereocenters. The van der Waals surface area contributed by atoms with Crippen LogP contribution >= 0.6 is 90.7 Å². The van der Waals surface area contributed by atoms with Gasteiger partial charge in [-0.15, -0.1) is 90.7 Å². The molecule has 0 N–H and O–H groups in total. The lowest BCUT2D eigenvalue weighted by molar-refractivity contribution is 0.556. The molecule has 9 aromatic rings. The van der Waals surface area contributed by atoms with Gasteiger partial charge in [0.25, 0.3) is 0 Å². The summed E-state index contributed by atoms with van der Waals surface area (Å²) in [5.74, 6) is 0. The molecule has 0 radical (unpaired) electrons. The number of rotatable bonds is 31. The number of hydrogen-bond acceptors (Lipinski definition) is 8. The van der Waals surface area contributed by atoms with Gasteiger partial charge in [-0.05, 0) is 156 Å². The highest BCUT2D eigenvalue weighted by Gasteiger charge is 2.19. The van der Waals surface area contributed by atoms with Crippen LogP contribution in [0.4, 0.5) is 0 Å². The summed E-state index contributed by atoms with van der Waals surface area (Å²) in [5.41, 5.74) is 8.54. The number of unbranched alkanes of at least 4 members (excludes halogenated alkanes) is 18. The van der Waals surface area contributed by atoms with Crippen molar-refractivity contribution in [3.8, 4) is 79.4 Å². The van der Waals surface area contributed by atoms with Crippen molar-refractivity contribution in [2.45, 2.75) is 175 Å². The normalized spacial score (nSPS) is 11.7. The summed E-state index contributed by atoms with van der Waals surface area (Å²) in [6.07, 6.45) is 31.0. The third kappa shape index (κ3) is 14.7. The largest absolute Gasteiger partial charge is 0.143 e. The summed E-state index contributed by atoms with van der Waals surface area (Å²) in [7, 11) is 0. The molecule has 0 unspecified atom stereocenters. The lowest BCUT2D eigenvalue weighted by atomic mass is 10.0. The van der Waals surface area contributed by atoms with Crippen LogP contribution in [0.25, 0.3) is 79.4 Å². The number of hydrogen-bond donors (Lipinski definition) is 0. The summed E-state index contributed by atoms with van der Waals surface area (Å²) in [4.78, 5) is 19.7. The zero-order valence-corrected chi connectivity index (χ0v) is 50.5. The van der Waals surface area contributed by atoms with E-state index >= 15 is 0 Å². The van der Waals surface area contributed by atoms with E-state index in [0.29, 0.717) is 0 Å². The van der Waals surface area contributed by atoms with Crippen molar-refractivity contribution in [2.24, 2.45) is 0 Å². The monoisotopic (exact) mass is 1110 g/mol. The first-order valence-corrected chi connectivity index (χ1v) is 34.5. The SMILES string of the molecule is CCCCCCCCCCCCc1ccsc1-c1ccc(-c2ccc(-c3sc(-c4ccc(-c5cc(CC)c(-c6ccc(-c7ccc(-c8sccc8C)s7)s6)s5)cc4)cc3CCCCCCCCCCCC)s2)s1. The molecule has 0 aliphatic carbocycles. The first kappa shape index (κ1) is 54.6. The summed E-state index contributed by atoms with van der Waals surface area (Å²) >= 11 is 15.6. The maximum atomic E-state index is 2.54. The van der Waals surface area contributed by atoms with Crippen molar-refractivity contribution in [3.05, 3.63) is 130 Å². The molecule has 0 aliphatic heterocycles. The Morgan fingerprint density at radius 3 is 1.08 bits per heavy atom. The topological polar surface area (TPSA) is 0 Å². The molecule has 8 heteroatoms. The van der Waals surface area contributed by atoms with Crippen molar-refractivity contribution in [1.29, 1.82) is 0 Å². The third-order valence-corrected chi connectivity index (χ3v) is 24.3. The second-order valence-corrected chi connectivity index (χ2v) is 28.4. The average Bonchev–Trinajstić information content (AvgIpc) is 4.26. The highest BCUT2D eigenvalue weighted by Crippen LogP contribution is 2.49. The van der Waals surface area contributed by atoms with E-state index in [1.165, 1.54) is 231 Å². The van der Waals surface area contributed by atoms with E-state index in [4.69, 9.17) is 0 Å². The zero-order chi connectivity index (χ0) is 50.2. The highest BCUT2D eigenvalue weighted by atomic mass is 32.1. The van der Waals surface area contributed by atoms with E-state index in [9.17, 15) is 0 Å². The number of thiophene rings is 8. The Balaban J connectivity index is 0.872. The molecule has 0 saturated carbocycles. The fourth-order valence-electron chi connectivity index (χ4n) is 10.2. The predicted octanol–water partition coefficient (Wildman–Crippen LogP) is 25.3. The molecule has 0 saturated heterocycles. The molecular weight excluding hydrogens is 1040 g/mol. The van der Waals surface area contributed by atoms with Crippen LogP contribution in [0.2, 0.25) is 0 Å². The Labute approximate surface area is 471 Å². The standard InChI is InChI=1S/C65H76S8/c1-5-8-10-12-14-16-18-20-22-24-26-50-41-43-67-63(50)57-37-33-53(69-57)55-35-39-59(71-55)65-51(27-25-23-21-19-17-15-13-11-9-6-2)45-61(73-65)49-30-28-48(29-31-49)60-44-47(7-3)64(72-60)58-38-34-54(70-58)52-32-36-56(68-52)62-46(4)40-42-66-62/h28-45H,5-27H2,1-4H3. The Kier molecular flexibility index (Phi) is 21.1. The number of benzene rings is 1. The first-order chi connectivity index (χ1) is 36.0. The molecule has 73 heavy (non-hydrogen) atoms. The van der Waals surface area contributed by atoms with Gasteiger partial charge in [-0.25, -0.2) is 0 Å². The molecule has 8 aromatic heterocycles. The van der Waals surface area contributed by atoms with Crippen LogP contribution in [0.15, 0.2) is 108 Å². The Morgan fingerprint density at radius 1 is 0.288 bits per heavy atom. The maximum Gasteiger partial charge on any atom is 0.0481 e. The molecule has 0 spiro atoms. The molecule has 384 valence electrons. The minimum atomic E-state index is 1.03. The van der Waals surface area contributed by atoms with Gasteiger partial charge >= 0.3 is 0 Å². The van der Waals surface area contributed by atoms with Crippen LogP contribution < -0.4 is 0 Å². The van der Waals surface area contributed by atoms with Gasteiger partial charge in [0.15, 0.2) is 0 Å². The van der Waals surface area contributed by atoms with E-state index in [-0.39, 0.29) is 0 Å². The van der Waals surface area contributed by atoms with Crippen molar-refractivity contribution >= 4 is 90.7 Å². The van der Waals surface area contributed by atoms with E-state index < -0.39 is 0 Å². The van der Waals surface area contributed by atoms with Crippen LogP contribution in [0, 0.1) is 6.92 Å². The van der Waals surface area contributed by atoms with E-state index in [1.54, 1.807) is 5.56 Å². The summed E-state index contributed by atoms with van der Waals surface area (Å²) in [5, 5.41) is 4.52. The summed E-state index contributed by atoms with van der Waals surface area (Å²) in [6.45, 7) is 9.14. The van der Waals surface area contributed by atoms with Gasteiger partial charge in [-0.1, -0.05) is 161 Å². The fourth-order valence-corrected chi connectivity index (χ4v) is 19.4. The maximum absolute atomic E-state index is 2.54. The highest BCUT2D eigenvalue weighted by molar-refractivity contribution is 7.30. The molecule has 9 rings (SSSR count). The van der Waals surface area contributed by atoms with Gasteiger partial charge < -0.3 is 0 Å².